The maximum Gasteiger partial charge on any atom is 0.263 e. The number of carbonyl (C=O) groups excluding carboxylic acids is 1. The van der Waals surface area contributed by atoms with Crippen LogP contribution in [0.3, 0.4) is 0 Å². The molecule has 4 rings (SSSR count). The Labute approximate surface area is 148 Å². The van der Waals surface area contributed by atoms with E-state index in [2.05, 4.69) is 20.3 Å². The predicted octanol–water partition coefficient (Wildman–Crippen LogP) is 2.01. The van der Waals surface area contributed by atoms with Gasteiger partial charge in [-0.05, 0) is 42.6 Å². The molecule has 0 aliphatic rings. The Morgan fingerprint density at radius 3 is 3.04 bits per heavy atom. The van der Waals surface area contributed by atoms with E-state index in [0.717, 1.165) is 10.9 Å². The highest BCUT2D eigenvalue weighted by molar-refractivity contribution is 5.97. The zero-order valence-electron chi connectivity index (χ0n) is 14.2. The lowest BCUT2D eigenvalue weighted by atomic mass is 10.1. The largest absolute Gasteiger partial charge is 0.361 e. The lowest BCUT2D eigenvalue weighted by Gasteiger charge is -2.11. The molecule has 0 fully saturated rings. The van der Waals surface area contributed by atoms with E-state index in [9.17, 15) is 9.59 Å². The first kappa shape index (κ1) is 16.0. The molecule has 7 heteroatoms. The number of nitrogens with one attached hydrogen (secondary N) is 2. The molecule has 0 bridgehead atoms. The molecule has 0 aliphatic carbocycles. The van der Waals surface area contributed by atoms with Crippen molar-refractivity contribution >= 4 is 27.8 Å². The van der Waals surface area contributed by atoms with Gasteiger partial charge >= 0.3 is 0 Å². The van der Waals surface area contributed by atoms with Crippen molar-refractivity contribution in [1.82, 2.24) is 24.8 Å². The van der Waals surface area contributed by atoms with Crippen LogP contribution in [0.2, 0.25) is 0 Å². The number of H-pyrrole nitrogens is 1. The molecule has 0 saturated heterocycles. The average molecular weight is 347 g/mol. The van der Waals surface area contributed by atoms with Gasteiger partial charge in [0.05, 0.1) is 5.39 Å². The third-order valence-corrected chi connectivity index (χ3v) is 4.36. The van der Waals surface area contributed by atoms with E-state index < -0.39 is 0 Å². The molecule has 0 atom stereocenters. The summed E-state index contributed by atoms with van der Waals surface area (Å²) in [4.78, 5) is 36.5. The van der Waals surface area contributed by atoms with Crippen molar-refractivity contribution in [2.24, 2.45) is 0 Å². The number of fused-ring (bicyclic) bond motifs is 2. The van der Waals surface area contributed by atoms with E-state index in [0.29, 0.717) is 35.5 Å². The monoisotopic (exact) mass is 347 g/mol. The molecule has 0 radical (unpaired) electrons. The number of hydrogen-bond acceptors (Lipinski definition) is 4. The van der Waals surface area contributed by atoms with Crippen molar-refractivity contribution in [2.45, 2.75) is 13.5 Å². The van der Waals surface area contributed by atoms with Gasteiger partial charge in [0, 0.05) is 36.6 Å². The molecule has 1 amide bonds. The first-order valence-corrected chi connectivity index (χ1v) is 8.31. The summed E-state index contributed by atoms with van der Waals surface area (Å²) in [6.45, 7) is 2.44. The average Bonchev–Trinajstić information content (AvgIpc) is 3.12. The minimum absolute atomic E-state index is 0.150. The Balaban J connectivity index is 1.50. The van der Waals surface area contributed by atoms with Crippen LogP contribution in [0.1, 0.15) is 16.2 Å². The smallest absolute Gasteiger partial charge is 0.263 e. The molecule has 130 valence electrons. The zero-order valence-corrected chi connectivity index (χ0v) is 14.2. The molecule has 0 saturated carbocycles. The lowest BCUT2D eigenvalue weighted by molar-refractivity contribution is 0.0952. The number of aryl methyl sites for hydroxylation is 1. The van der Waals surface area contributed by atoms with Crippen molar-refractivity contribution in [1.29, 1.82) is 0 Å². The molecule has 4 aromatic rings. The number of amides is 1. The molecule has 0 spiro atoms. The molecular weight excluding hydrogens is 330 g/mol. The number of pyridine rings is 1. The fraction of sp³-hybridized carbons (Fsp3) is 0.158. The molecular formula is C19H17N5O2. The van der Waals surface area contributed by atoms with E-state index in [-0.39, 0.29) is 11.5 Å². The Morgan fingerprint density at radius 2 is 2.15 bits per heavy atom. The van der Waals surface area contributed by atoms with E-state index in [4.69, 9.17) is 0 Å². The first-order valence-electron chi connectivity index (χ1n) is 8.31. The van der Waals surface area contributed by atoms with Crippen LogP contribution in [0.25, 0.3) is 21.9 Å². The van der Waals surface area contributed by atoms with Gasteiger partial charge in [0.1, 0.15) is 5.82 Å². The standard InChI is InChI=1S/C19H17N5O2/c1-12-23-17-15(3-2-7-21-17)19(26)24(12)10-9-22-18(25)14-5-4-13-6-8-20-16(13)11-14/h2-8,11,20H,9-10H2,1H3,(H,22,25). The van der Waals surface area contributed by atoms with Crippen molar-refractivity contribution < 1.29 is 4.79 Å². The SMILES string of the molecule is Cc1nc2ncccc2c(=O)n1CCNC(=O)c1ccc2cc[nH]c2c1. The molecule has 3 heterocycles. The van der Waals surface area contributed by atoms with Gasteiger partial charge in [-0.15, -0.1) is 0 Å². The predicted molar refractivity (Wildman–Crippen MR) is 99.2 cm³/mol. The van der Waals surface area contributed by atoms with Crippen LogP contribution in [0.15, 0.2) is 53.6 Å². The van der Waals surface area contributed by atoms with Gasteiger partial charge < -0.3 is 10.3 Å². The second-order valence-corrected chi connectivity index (χ2v) is 6.03. The summed E-state index contributed by atoms with van der Waals surface area (Å²) in [5, 5.41) is 4.38. The highest BCUT2D eigenvalue weighted by Gasteiger charge is 2.10. The number of carbonyl (C=O) groups is 1. The summed E-state index contributed by atoms with van der Waals surface area (Å²) in [5.74, 6) is 0.394. The molecule has 0 aliphatic heterocycles. The normalized spacial score (nSPS) is 11.1. The zero-order chi connectivity index (χ0) is 18.1. The van der Waals surface area contributed by atoms with Crippen LogP contribution in [-0.2, 0) is 6.54 Å². The molecule has 2 N–H and O–H groups in total. The van der Waals surface area contributed by atoms with Gasteiger partial charge in [0.25, 0.3) is 11.5 Å². The fourth-order valence-corrected chi connectivity index (χ4v) is 2.99. The number of nitrogens with zero attached hydrogens (tertiary/aromatic N) is 3. The van der Waals surface area contributed by atoms with Gasteiger partial charge in [0.2, 0.25) is 0 Å². The topological polar surface area (TPSA) is 92.7 Å². The van der Waals surface area contributed by atoms with Crippen LogP contribution in [0.5, 0.6) is 0 Å². The van der Waals surface area contributed by atoms with Gasteiger partial charge in [-0.1, -0.05) is 6.07 Å². The maximum absolute atomic E-state index is 12.6. The van der Waals surface area contributed by atoms with E-state index in [1.807, 2.05) is 24.4 Å². The van der Waals surface area contributed by atoms with Gasteiger partial charge in [0.15, 0.2) is 5.65 Å². The number of benzene rings is 1. The van der Waals surface area contributed by atoms with E-state index in [1.54, 1.807) is 35.9 Å². The molecule has 3 aromatic heterocycles. The first-order chi connectivity index (χ1) is 12.6. The number of hydrogen-bond donors (Lipinski definition) is 2. The number of rotatable bonds is 4. The molecule has 0 unspecified atom stereocenters. The van der Waals surface area contributed by atoms with Crippen molar-refractivity contribution in [3.63, 3.8) is 0 Å². The van der Waals surface area contributed by atoms with E-state index in [1.165, 1.54) is 0 Å². The van der Waals surface area contributed by atoms with Crippen molar-refractivity contribution in [3.05, 3.63) is 70.5 Å². The maximum atomic E-state index is 12.6. The molecule has 7 nitrogen and oxygen atoms in total. The van der Waals surface area contributed by atoms with Crippen LogP contribution < -0.4 is 10.9 Å². The van der Waals surface area contributed by atoms with Crippen LogP contribution in [0.4, 0.5) is 0 Å². The van der Waals surface area contributed by atoms with Crippen molar-refractivity contribution in [3.8, 4) is 0 Å². The molecule has 1 aromatic carbocycles. The summed E-state index contributed by atoms with van der Waals surface area (Å²) in [5.41, 5.74) is 1.78. The minimum atomic E-state index is -0.178. The Kier molecular flexibility index (Phi) is 3.96. The van der Waals surface area contributed by atoms with Crippen LogP contribution in [0, 0.1) is 6.92 Å². The number of aromatic amines is 1. The highest BCUT2D eigenvalue weighted by Crippen LogP contribution is 2.14. The van der Waals surface area contributed by atoms with E-state index >= 15 is 0 Å². The summed E-state index contributed by atoms with van der Waals surface area (Å²) in [7, 11) is 0. The summed E-state index contributed by atoms with van der Waals surface area (Å²) in [6.07, 6.45) is 3.45. The summed E-state index contributed by atoms with van der Waals surface area (Å²) < 4.78 is 1.55. The highest BCUT2D eigenvalue weighted by atomic mass is 16.1. The van der Waals surface area contributed by atoms with Gasteiger partial charge in [-0.25, -0.2) is 9.97 Å². The Hall–Kier alpha value is -3.48. The molecule has 26 heavy (non-hydrogen) atoms. The lowest BCUT2D eigenvalue weighted by Crippen LogP contribution is -2.32. The van der Waals surface area contributed by atoms with Gasteiger partial charge in [-0.2, -0.15) is 0 Å². The third-order valence-electron chi connectivity index (χ3n) is 4.36. The van der Waals surface area contributed by atoms with Crippen molar-refractivity contribution in [2.75, 3.05) is 6.54 Å². The number of aromatic nitrogens is 4. The fourth-order valence-electron chi connectivity index (χ4n) is 2.99. The second-order valence-electron chi connectivity index (χ2n) is 6.03. The van der Waals surface area contributed by atoms with Crippen LogP contribution >= 0.6 is 0 Å². The quantitative estimate of drug-likeness (QED) is 0.591. The second kappa shape index (κ2) is 6.44. The third kappa shape index (κ3) is 2.83. The van der Waals surface area contributed by atoms with Gasteiger partial charge in [-0.3, -0.25) is 14.2 Å². The minimum Gasteiger partial charge on any atom is -0.361 e. The Bertz CT molecular complexity index is 1180. The Morgan fingerprint density at radius 1 is 1.27 bits per heavy atom. The summed E-state index contributed by atoms with van der Waals surface area (Å²) in [6, 6.07) is 10.9. The van der Waals surface area contributed by atoms with Crippen LogP contribution in [-0.4, -0.2) is 32.0 Å². The summed E-state index contributed by atoms with van der Waals surface area (Å²) >= 11 is 0.